The molecule has 2 N–H and O–H groups in total. The van der Waals surface area contributed by atoms with E-state index in [0.717, 1.165) is 44.4 Å². The second-order valence-electron chi connectivity index (χ2n) is 5.76. The number of rotatable bonds is 9. The van der Waals surface area contributed by atoms with E-state index in [0.29, 0.717) is 5.95 Å². The van der Waals surface area contributed by atoms with Crippen molar-refractivity contribution in [2.24, 2.45) is 5.92 Å². The number of nitrogens with zero attached hydrogens (tertiary/aromatic N) is 5. The van der Waals surface area contributed by atoms with Crippen LogP contribution in [0.15, 0.2) is 6.33 Å². The molecular formula is C14H27N5O5S. The molecular weight excluding hydrogens is 350 g/mol. The number of aromatic nitrogens is 3. The highest BCUT2D eigenvalue weighted by Crippen LogP contribution is 2.29. The first-order valence-corrected chi connectivity index (χ1v) is 9.64. The van der Waals surface area contributed by atoms with Gasteiger partial charge in [-0.1, -0.05) is 13.8 Å². The van der Waals surface area contributed by atoms with E-state index in [2.05, 4.69) is 33.7 Å². The van der Waals surface area contributed by atoms with Crippen LogP contribution in [0.4, 0.5) is 11.9 Å². The third-order valence-electron chi connectivity index (χ3n) is 3.30. The highest BCUT2D eigenvalue weighted by molar-refractivity contribution is 7.79. The summed E-state index contributed by atoms with van der Waals surface area (Å²) in [7, 11) is -2.81. The Kier molecular flexibility index (Phi) is 8.97. The average molecular weight is 377 g/mol. The van der Waals surface area contributed by atoms with Gasteiger partial charge < -0.3 is 4.90 Å². The van der Waals surface area contributed by atoms with Crippen LogP contribution in [0.5, 0.6) is 0 Å². The maximum atomic E-state index is 8.74. The molecule has 0 bridgehead atoms. The molecule has 1 aromatic rings. The zero-order valence-electron chi connectivity index (χ0n) is 14.9. The minimum Gasteiger partial charge on any atom is -0.341 e. The Labute approximate surface area is 148 Å². The predicted octanol–water partition coefficient (Wildman–Crippen LogP) is 1.62. The van der Waals surface area contributed by atoms with Crippen molar-refractivity contribution in [3.8, 4) is 0 Å². The highest BCUT2D eigenvalue weighted by Gasteiger charge is 2.23. The van der Waals surface area contributed by atoms with Crippen molar-refractivity contribution in [3.05, 3.63) is 6.33 Å². The van der Waals surface area contributed by atoms with Crippen molar-refractivity contribution in [1.29, 1.82) is 0 Å². The summed E-state index contributed by atoms with van der Waals surface area (Å²) in [5.74, 6) is 2.03. The molecule has 1 saturated carbocycles. The first-order chi connectivity index (χ1) is 11.7. The van der Waals surface area contributed by atoms with E-state index in [-0.39, 0.29) is 0 Å². The van der Waals surface area contributed by atoms with Gasteiger partial charge in [-0.25, -0.2) is 10.0 Å². The molecule has 10 nitrogen and oxygen atoms in total. The van der Waals surface area contributed by atoms with Gasteiger partial charge in [-0.15, -0.1) is 0 Å². The van der Waals surface area contributed by atoms with E-state index in [9.17, 15) is 0 Å². The topological polar surface area (TPSA) is 129 Å². The molecule has 144 valence electrons. The van der Waals surface area contributed by atoms with Crippen LogP contribution in [0, 0.1) is 5.92 Å². The maximum absolute atomic E-state index is 8.74. The average Bonchev–Trinajstić information content (AvgIpc) is 3.35. The summed E-state index contributed by atoms with van der Waals surface area (Å²) in [4.78, 5) is 20.9. The van der Waals surface area contributed by atoms with E-state index >= 15 is 0 Å². The molecule has 0 aliphatic heterocycles. The van der Waals surface area contributed by atoms with E-state index in [1.807, 2.05) is 7.05 Å². The predicted molar refractivity (Wildman–Crippen MR) is 93.9 cm³/mol. The van der Waals surface area contributed by atoms with Crippen molar-refractivity contribution in [3.63, 3.8) is 0 Å². The Hall–Kier alpha value is -1.56. The van der Waals surface area contributed by atoms with Crippen LogP contribution in [-0.4, -0.2) is 59.2 Å². The number of hydroxylamine groups is 1. The molecule has 0 atom stereocenters. The van der Waals surface area contributed by atoms with Crippen molar-refractivity contribution in [2.75, 3.05) is 36.7 Å². The molecule has 1 aliphatic rings. The largest absolute Gasteiger partial charge is 0.394 e. The molecule has 0 unspecified atom stereocenters. The van der Waals surface area contributed by atoms with Gasteiger partial charge in [0, 0.05) is 20.1 Å². The summed E-state index contributed by atoms with van der Waals surface area (Å²) in [6.07, 6.45) is 6.27. The second kappa shape index (κ2) is 10.4. The lowest BCUT2D eigenvalue weighted by Crippen LogP contribution is -2.28. The SMILES string of the molecule is CCCN(CCC)c1ncnc(N(C)OCC2CC2)n1.O=S(=O)(O)O. The summed E-state index contributed by atoms with van der Waals surface area (Å²) in [5.41, 5.74) is 0. The Bertz CT molecular complexity index is 597. The fraction of sp³-hybridized carbons (Fsp3) is 0.786. The Morgan fingerprint density at radius 3 is 2.16 bits per heavy atom. The van der Waals surface area contributed by atoms with E-state index < -0.39 is 10.4 Å². The lowest BCUT2D eigenvalue weighted by Gasteiger charge is -2.22. The summed E-state index contributed by atoms with van der Waals surface area (Å²) in [6, 6.07) is 0. The minimum atomic E-state index is -4.67. The lowest BCUT2D eigenvalue weighted by molar-refractivity contribution is 0.108. The third-order valence-corrected chi connectivity index (χ3v) is 3.30. The van der Waals surface area contributed by atoms with Gasteiger partial charge in [-0.05, 0) is 31.6 Å². The first kappa shape index (κ1) is 21.5. The molecule has 1 aromatic heterocycles. The molecule has 0 radical (unpaired) electrons. The fourth-order valence-corrected chi connectivity index (χ4v) is 1.99. The third kappa shape index (κ3) is 10.1. The lowest BCUT2D eigenvalue weighted by atomic mass is 10.4. The van der Waals surface area contributed by atoms with Crippen LogP contribution >= 0.6 is 0 Å². The summed E-state index contributed by atoms with van der Waals surface area (Å²) < 4.78 is 31.6. The van der Waals surface area contributed by atoms with E-state index in [1.54, 1.807) is 11.4 Å². The molecule has 0 aromatic carbocycles. The number of hydrogen-bond acceptors (Lipinski definition) is 8. The van der Waals surface area contributed by atoms with Gasteiger partial charge in [-0.3, -0.25) is 13.9 Å². The second-order valence-corrected chi connectivity index (χ2v) is 6.65. The molecule has 11 heteroatoms. The van der Waals surface area contributed by atoms with Crippen LogP contribution < -0.4 is 9.96 Å². The Balaban J connectivity index is 0.000000550. The maximum Gasteiger partial charge on any atom is 0.394 e. The van der Waals surface area contributed by atoms with Crippen LogP contribution in [0.3, 0.4) is 0 Å². The Morgan fingerprint density at radius 1 is 1.16 bits per heavy atom. The van der Waals surface area contributed by atoms with Gasteiger partial charge in [0.25, 0.3) is 5.95 Å². The van der Waals surface area contributed by atoms with Gasteiger partial charge in [0.1, 0.15) is 6.33 Å². The zero-order valence-corrected chi connectivity index (χ0v) is 15.7. The highest BCUT2D eigenvalue weighted by atomic mass is 32.3. The van der Waals surface area contributed by atoms with Gasteiger partial charge >= 0.3 is 10.4 Å². The molecule has 0 saturated heterocycles. The smallest absolute Gasteiger partial charge is 0.341 e. The quantitative estimate of drug-likeness (QED) is 0.483. The van der Waals surface area contributed by atoms with E-state index in [4.69, 9.17) is 22.4 Å². The van der Waals surface area contributed by atoms with Crippen LogP contribution in [-0.2, 0) is 15.2 Å². The summed E-state index contributed by atoms with van der Waals surface area (Å²) in [6.45, 7) is 7.00. The van der Waals surface area contributed by atoms with Crippen molar-refractivity contribution in [2.45, 2.75) is 39.5 Å². The Morgan fingerprint density at radius 2 is 1.68 bits per heavy atom. The summed E-state index contributed by atoms with van der Waals surface area (Å²) >= 11 is 0. The monoisotopic (exact) mass is 377 g/mol. The van der Waals surface area contributed by atoms with Gasteiger partial charge in [0.15, 0.2) is 0 Å². The summed E-state index contributed by atoms with van der Waals surface area (Å²) in [5, 5.41) is 1.65. The molecule has 2 rings (SSSR count). The van der Waals surface area contributed by atoms with Gasteiger partial charge in [-0.2, -0.15) is 18.4 Å². The molecule has 25 heavy (non-hydrogen) atoms. The first-order valence-electron chi connectivity index (χ1n) is 8.25. The van der Waals surface area contributed by atoms with Crippen LogP contribution in [0.1, 0.15) is 39.5 Å². The van der Waals surface area contributed by atoms with Gasteiger partial charge in [0.2, 0.25) is 5.95 Å². The number of anilines is 2. The van der Waals surface area contributed by atoms with E-state index in [1.165, 1.54) is 12.8 Å². The van der Waals surface area contributed by atoms with Crippen LogP contribution in [0.2, 0.25) is 0 Å². The minimum absolute atomic E-state index is 0.577. The van der Waals surface area contributed by atoms with Crippen molar-refractivity contribution >= 4 is 22.3 Å². The normalized spacial score (nSPS) is 13.8. The zero-order chi connectivity index (χ0) is 18.9. The standard InChI is InChI=1S/C14H25N5O.H2O4S/c1-4-8-19(9-5-2)14-16-11-15-13(17-14)18(3)20-10-12-6-7-12;1-5(2,3)4/h11-12H,4-10H2,1-3H3;(H2,1,2,3,4). The molecule has 0 spiro atoms. The number of hydrogen-bond donors (Lipinski definition) is 2. The van der Waals surface area contributed by atoms with Crippen LogP contribution in [0.25, 0.3) is 0 Å². The molecule has 1 heterocycles. The molecule has 1 aliphatic carbocycles. The molecule has 0 amide bonds. The van der Waals surface area contributed by atoms with Crippen molar-refractivity contribution in [1.82, 2.24) is 15.0 Å². The fourth-order valence-electron chi connectivity index (χ4n) is 1.99. The van der Waals surface area contributed by atoms with Gasteiger partial charge in [0.05, 0.1) is 6.61 Å². The molecule has 1 fully saturated rings. The van der Waals surface area contributed by atoms with Crippen molar-refractivity contribution < 1.29 is 22.4 Å².